The van der Waals surface area contributed by atoms with Gasteiger partial charge >= 0.3 is 0 Å². The zero-order valence-electron chi connectivity index (χ0n) is 12.9. The zero-order valence-corrected chi connectivity index (χ0v) is 12.9. The smallest absolute Gasteiger partial charge is 0.223 e. The lowest BCUT2D eigenvalue weighted by molar-refractivity contribution is -0.129. The summed E-state index contributed by atoms with van der Waals surface area (Å²) in [5, 5.41) is 7.89. The molecule has 0 radical (unpaired) electrons. The van der Waals surface area contributed by atoms with Crippen LogP contribution in [0, 0.1) is 5.92 Å². The minimum absolute atomic E-state index is 0.0565. The van der Waals surface area contributed by atoms with E-state index in [1.165, 1.54) is 0 Å². The Morgan fingerprint density at radius 1 is 1.43 bits per heavy atom. The third-order valence-electron chi connectivity index (χ3n) is 4.25. The van der Waals surface area contributed by atoms with Gasteiger partial charge in [0.25, 0.3) is 0 Å². The number of hydrogen-bond acceptors (Lipinski definition) is 3. The first-order valence-electron chi connectivity index (χ1n) is 7.60. The predicted molar refractivity (Wildman–Crippen MR) is 85.8 cm³/mol. The molecule has 0 N–H and O–H groups in total. The normalized spacial score (nSPS) is 18.7. The second-order valence-electron chi connectivity index (χ2n) is 5.72. The maximum atomic E-state index is 12.3. The summed E-state index contributed by atoms with van der Waals surface area (Å²) >= 11 is 0. The number of carbonyl (C=O) groups is 1. The lowest BCUT2D eigenvalue weighted by Gasteiger charge is -2.27. The molecule has 1 aliphatic rings. The summed E-state index contributed by atoms with van der Waals surface area (Å²) in [6, 6.07) is 9.77. The Bertz CT molecular complexity index is 735. The molecule has 1 amide bonds. The molecule has 0 spiro atoms. The first-order valence-corrected chi connectivity index (χ1v) is 7.60. The number of para-hydroxylation sites is 1. The highest BCUT2D eigenvalue weighted by molar-refractivity contribution is 5.79. The largest absolute Gasteiger partial charge is 0.336 e. The molecule has 0 aliphatic carbocycles. The zero-order chi connectivity index (χ0) is 16.2. The van der Waals surface area contributed by atoms with E-state index >= 15 is 0 Å². The number of likely N-dealkylation sites (tertiary alicyclic amines) is 1. The van der Waals surface area contributed by atoms with Gasteiger partial charge in [0.2, 0.25) is 5.91 Å². The monoisotopic (exact) mass is 310 g/mol. The Morgan fingerprint density at radius 3 is 3.00 bits per heavy atom. The maximum absolute atomic E-state index is 12.3. The van der Waals surface area contributed by atoms with Gasteiger partial charge in [0, 0.05) is 42.4 Å². The van der Waals surface area contributed by atoms with Gasteiger partial charge in [0.05, 0.1) is 11.7 Å². The Kier molecular flexibility index (Phi) is 4.30. The molecule has 23 heavy (non-hydrogen) atoms. The Labute approximate surface area is 134 Å². The first-order chi connectivity index (χ1) is 11.2. The molecule has 1 aliphatic heterocycles. The van der Waals surface area contributed by atoms with E-state index < -0.39 is 0 Å². The van der Waals surface area contributed by atoms with Crippen molar-refractivity contribution in [3.05, 3.63) is 58.7 Å². The number of amides is 1. The SMILES string of the molecule is CC(c1ccccc1-n1cccn1)N1CC(CN=[N+]=[N-])CC1=O. The van der Waals surface area contributed by atoms with Crippen molar-refractivity contribution in [2.75, 3.05) is 13.1 Å². The van der Waals surface area contributed by atoms with E-state index in [2.05, 4.69) is 15.1 Å². The van der Waals surface area contributed by atoms with Gasteiger partial charge in [-0.15, -0.1) is 0 Å². The van der Waals surface area contributed by atoms with Gasteiger partial charge in [-0.1, -0.05) is 23.3 Å². The van der Waals surface area contributed by atoms with E-state index in [0.29, 0.717) is 19.5 Å². The molecule has 1 saturated heterocycles. The highest BCUT2D eigenvalue weighted by Crippen LogP contribution is 2.31. The van der Waals surface area contributed by atoms with Crippen molar-refractivity contribution in [3.63, 3.8) is 0 Å². The molecule has 1 fully saturated rings. The third kappa shape index (κ3) is 3.05. The average Bonchev–Trinajstić information content (AvgIpc) is 3.22. The second kappa shape index (κ2) is 6.54. The van der Waals surface area contributed by atoms with Crippen LogP contribution in [0.2, 0.25) is 0 Å². The van der Waals surface area contributed by atoms with Gasteiger partial charge in [-0.3, -0.25) is 4.79 Å². The minimum atomic E-state index is -0.0565. The Balaban J connectivity index is 1.85. The number of azide groups is 1. The summed E-state index contributed by atoms with van der Waals surface area (Å²) in [5.41, 5.74) is 10.5. The van der Waals surface area contributed by atoms with Crippen LogP contribution in [0.5, 0.6) is 0 Å². The molecule has 2 aromatic rings. The van der Waals surface area contributed by atoms with Crippen LogP contribution >= 0.6 is 0 Å². The van der Waals surface area contributed by atoms with Crippen LogP contribution in [0.25, 0.3) is 16.1 Å². The van der Waals surface area contributed by atoms with Gasteiger partial charge < -0.3 is 4.90 Å². The highest BCUT2D eigenvalue weighted by Gasteiger charge is 2.33. The number of rotatable bonds is 5. The van der Waals surface area contributed by atoms with Gasteiger partial charge in [0.15, 0.2) is 0 Å². The number of hydrogen-bond donors (Lipinski definition) is 0. The molecule has 0 bridgehead atoms. The molecule has 3 rings (SSSR count). The summed E-state index contributed by atoms with van der Waals surface area (Å²) in [6.45, 7) is 3.01. The Morgan fingerprint density at radius 2 is 2.26 bits per heavy atom. The highest BCUT2D eigenvalue weighted by atomic mass is 16.2. The molecule has 1 aromatic heterocycles. The molecule has 2 heterocycles. The molecule has 2 atom stereocenters. The molecule has 118 valence electrons. The van der Waals surface area contributed by atoms with Crippen LogP contribution in [0.15, 0.2) is 47.8 Å². The van der Waals surface area contributed by atoms with Crippen molar-refractivity contribution in [2.45, 2.75) is 19.4 Å². The summed E-state index contributed by atoms with van der Waals surface area (Å²) < 4.78 is 1.81. The fraction of sp³-hybridized carbons (Fsp3) is 0.375. The van der Waals surface area contributed by atoms with Crippen molar-refractivity contribution in [1.82, 2.24) is 14.7 Å². The molecule has 2 unspecified atom stereocenters. The lowest BCUT2D eigenvalue weighted by atomic mass is 10.0. The van der Waals surface area contributed by atoms with Gasteiger partial charge in [-0.05, 0) is 30.5 Å². The first kappa shape index (κ1) is 15.1. The number of benzene rings is 1. The van der Waals surface area contributed by atoms with Crippen LogP contribution in [0.4, 0.5) is 0 Å². The third-order valence-corrected chi connectivity index (χ3v) is 4.25. The molecule has 7 nitrogen and oxygen atoms in total. The van der Waals surface area contributed by atoms with E-state index in [1.807, 2.05) is 53.0 Å². The topological polar surface area (TPSA) is 86.9 Å². The fourth-order valence-electron chi connectivity index (χ4n) is 3.09. The summed E-state index contributed by atoms with van der Waals surface area (Å²) in [7, 11) is 0. The van der Waals surface area contributed by atoms with Crippen LogP contribution in [0.1, 0.15) is 24.9 Å². The van der Waals surface area contributed by atoms with Crippen molar-refractivity contribution in [3.8, 4) is 5.69 Å². The van der Waals surface area contributed by atoms with Gasteiger partial charge in [-0.25, -0.2) is 4.68 Å². The average molecular weight is 310 g/mol. The Hall–Kier alpha value is -2.79. The molecular weight excluding hydrogens is 292 g/mol. The standard InChI is InChI=1S/C16H18N6O/c1-12(21-11-13(9-16(21)23)10-18-20-17)14-5-2-3-6-15(14)22-8-4-7-19-22/h2-8,12-13H,9-11H2,1H3. The van der Waals surface area contributed by atoms with Crippen molar-refractivity contribution in [2.24, 2.45) is 11.0 Å². The molecule has 0 saturated carbocycles. The lowest BCUT2D eigenvalue weighted by Crippen LogP contribution is -2.29. The van der Waals surface area contributed by atoms with Crippen LogP contribution in [-0.2, 0) is 4.79 Å². The maximum Gasteiger partial charge on any atom is 0.223 e. The van der Waals surface area contributed by atoms with Crippen molar-refractivity contribution in [1.29, 1.82) is 0 Å². The molecular formula is C16H18N6O. The fourth-order valence-corrected chi connectivity index (χ4v) is 3.09. The van der Waals surface area contributed by atoms with Crippen LogP contribution in [0.3, 0.4) is 0 Å². The van der Waals surface area contributed by atoms with Crippen molar-refractivity contribution < 1.29 is 4.79 Å². The van der Waals surface area contributed by atoms with Crippen LogP contribution < -0.4 is 0 Å². The predicted octanol–water partition coefficient (Wildman–Crippen LogP) is 3.09. The quantitative estimate of drug-likeness (QED) is 0.482. The summed E-state index contributed by atoms with van der Waals surface area (Å²) in [5.74, 6) is 0.198. The number of aromatic nitrogens is 2. The minimum Gasteiger partial charge on any atom is -0.336 e. The second-order valence-corrected chi connectivity index (χ2v) is 5.72. The van der Waals surface area contributed by atoms with E-state index in [1.54, 1.807) is 6.20 Å². The van der Waals surface area contributed by atoms with Crippen molar-refractivity contribution >= 4 is 5.91 Å². The van der Waals surface area contributed by atoms with E-state index in [0.717, 1.165) is 11.3 Å². The van der Waals surface area contributed by atoms with Crippen LogP contribution in [-0.4, -0.2) is 33.7 Å². The van der Waals surface area contributed by atoms with Gasteiger partial charge in [0.1, 0.15) is 0 Å². The molecule has 7 heteroatoms. The summed E-state index contributed by atoms with van der Waals surface area (Å²) in [6.07, 6.45) is 4.06. The number of carbonyl (C=O) groups excluding carboxylic acids is 1. The van der Waals surface area contributed by atoms with E-state index in [9.17, 15) is 4.79 Å². The number of nitrogens with zero attached hydrogens (tertiary/aromatic N) is 6. The summed E-state index contributed by atoms with van der Waals surface area (Å²) in [4.78, 5) is 17.0. The molecule has 1 aromatic carbocycles. The van der Waals surface area contributed by atoms with E-state index in [-0.39, 0.29) is 17.9 Å². The van der Waals surface area contributed by atoms with Gasteiger partial charge in [-0.2, -0.15) is 5.10 Å². The van der Waals surface area contributed by atoms with E-state index in [4.69, 9.17) is 5.53 Å².